The molecule has 0 heterocycles. The van der Waals surface area contributed by atoms with Crippen molar-refractivity contribution in [3.63, 3.8) is 0 Å². The van der Waals surface area contributed by atoms with Gasteiger partial charge in [-0.2, -0.15) is 0 Å². The zero-order chi connectivity index (χ0) is 15.4. The van der Waals surface area contributed by atoms with Crippen LogP contribution in [0.15, 0.2) is 47.4 Å². The van der Waals surface area contributed by atoms with Crippen molar-refractivity contribution in [2.75, 3.05) is 11.6 Å². The van der Waals surface area contributed by atoms with Gasteiger partial charge < -0.3 is 10.4 Å². The molecule has 0 saturated carbocycles. The Labute approximate surface area is 127 Å². The van der Waals surface area contributed by atoms with Gasteiger partial charge in [-0.25, -0.2) is 9.18 Å². The van der Waals surface area contributed by atoms with Crippen LogP contribution in [-0.4, -0.2) is 17.3 Å². The van der Waals surface area contributed by atoms with Crippen LogP contribution in [0.1, 0.15) is 28.9 Å². The molecule has 0 aliphatic rings. The molecule has 0 aliphatic heterocycles. The Hall–Kier alpha value is -2.01. The highest BCUT2D eigenvalue weighted by atomic mass is 32.2. The number of rotatable bonds is 5. The summed E-state index contributed by atoms with van der Waals surface area (Å²) in [5.74, 6) is -2.00. The third kappa shape index (κ3) is 3.76. The van der Waals surface area contributed by atoms with E-state index in [-0.39, 0.29) is 11.6 Å². The van der Waals surface area contributed by atoms with Crippen molar-refractivity contribution in [2.45, 2.75) is 17.9 Å². The third-order valence-corrected chi connectivity index (χ3v) is 3.94. The van der Waals surface area contributed by atoms with E-state index in [1.54, 1.807) is 11.8 Å². The summed E-state index contributed by atoms with van der Waals surface area (Å²) >= 11 is 1.67. The number of thioether (sulfide) groups is 1. The first-order valence-electron chi connectivity index (χ1n) is 6.44. The summed E-state index contributed by atoms with van der Waals surface area (Å²) in [5.41, 5.74) is 1.33. The van der Waals surface area contributed by atoms with Gasteiger partial charge in [0.1, 0.15) is 5.82 Å². The summed E-state index contributed by atoms with van der Waals surface area (Å²) in [6, 6.07) is 12.1. The van der Waals surface area contributed by atoms with Gasteiger partial charge in [-0.15, -0.1) is 11.8 Å². The molecule has 1 atom stereocenters. The molecule has 0 spiro atoms. The fourth-order valence-corrected chi connectivity index (χ4v) is 2.41. The highest BCUT2D eigenvalue weighted by molar-refractivity contribution is 7.98. The van der Waals surface area contributed by atoms with Crippen LogP contribution in [0.25, 0.3) is 0 Å². The Bertz CT molecular complexity index is 643. The summed E-state index contributed by atoms with van der Waals surface area (Å²) in [7, 11) is 0. The quantitative estimate of drug-likeness (QED) is 0.803. The summed E-state index contributed by atoms with van der Waals surface area (Å²) in [6.07, 6.45) is 2.02. The van der Waals surface area contributed by atoms with Crippen molar-refractivity contribution < 1.29 is 14.3 Å². The van der Waals surface area contributed by atoms with Crippen LogP contribution in [0.4, 0.5) is 10.1 Å². The van der Waals surface area contributed by atoms with Gasteiger partial charge in [-0.1, -0.05) is 12.1 Å². The lowest BCUT2D eigenvalue weighted by Gasteiger charge is -2.16. The number of halogens is 1. The number of carboxylic acid groups (broad SMARTS) is 1. The maximum Gasteiger partial charge on any atom is 0.338 e. The second-order valence-electron chi connectivity index (χ2n) is 4.64. The molecule has 2 aromatic carbocycles. The van der Waals surface area contributed by atoms with Gasteiger partial charge in [0.2, 0.25) is 0 Å². The molecule has 21 heavy (non-hydrogen) atoms. The maximum atomic E-state index is 13.4. The Morgan fingerprint density at radius 3 is 2.48 bits per heavy atom. The van der Waals surface area contributed by atoms with E-state index in [9.17, 15) is 9.18 Å². The van der Waals surface area contributed by atoms with Crippen molar-refractivity contribution in [3.05, 3.63) is 59.4 Å². The van der Waals surface area contributed by atoms with Crippen LogP contribution in [-0.2, 0) is 0 Å². The highest BCUT2D eigenvalue weighted by Crippen LogP contribution is 2.23. The fourth-order valence-electron chi connectivity index (χ4n) is 2.00. The highest BCUT2D eigenvalue weighted by Gasteiger charge is 2.12. The number of carboxylic acids is 1. The first-order valence-corrected chi connectivity index (χ1v) is 7.67. The molecule has 0 aliphatic carbocycles. The van der Waals surface area contributed by atoms with Gasteiger partial charge in [0.25, 0.3) is 0 Å². The number of benzene rings is 2. The van der Waals surface area contributed by atoms with Gasteiger partial charge in [-0.05, 0) is 49.1 Å². The van der Waals surface area contributed by atoms with Crippen molar-refractivity contribution in [2.24, 2.45) is 0 Å². The standard InChI is InChI=1S/C16H16FNO2S/c1-10(11-3-6-13(21-2)7-4-11)18-12-5-8-15(17)14(9-12)16(19)20/h3-10,18H,1-2H3,(H,19,20). The Balaban J connectivity index is 2.16. The monoisotopic (exact) mass is 305 g/mol. The van der Waals surface area contributed by atoms with Crippen molar-refractivity contribution in [3.8, 4) is 0 Å². The van der Waals surface area contributed by atoms with Crippen LogP contribution in [0.2, 0.25) is 0 Å². The first-order chi connectivity index (χ1) is 10.0. The molecule has 2 aromatic rings. The van der Waals surface area contributed by atoms with Crippen molar-refractivity contribution in [1.82, 2.24) is 0 Å². The number of nitrogens with one attached hydrogen (secondary N) is 1. The Morgan fingerprint density at radius 2 is 1.90 bits per heavy atom. The molecule has 1 unspecified atom stereocenters. The second kappa shape index (κ2) is 6.63. The maximum absolute atomic E-state index is 13.4. The van der Waals surface area contributed by atoms with E-state index < -0.39 is 11.8 Å². The molecule has 3 nitrogen and oxygen atoms in total. The number of aromatic carboxylic acids is 1. The minimum Gasteiger partial charge on any atom is -0.478 e. The SMILES string of the molecule is CSc1ccc(C(C)Nc2ccc(F)c(C(=O)O)c2)cc1. The van der Waals surface area contributed by atoms with Gasteiger partial charge >= 0.3 is 5.97 Å². The van der Waals surface area contributed by atoms with E-state index >= 15 is 0 Å². The molecule has 110 valence electrons. The predicted octanol–water partition coefficient (Wildman–Crippen LogP) is 4.42. The van der Waals surface area contributed by atoms with Crippen LogP contribution >= 0.6 is 11.8 Å². The number of carbonyl (C=O) groups is 1. The molecule has 2 rings (SSSR count). The number of hydrogen-bond donors (Lipinski definition) is 2. The average Bonchev–Trinajstić information content (AvgIpc) is 2.49. The molecule has 0 bridgehead atoms. The summed E-state index contributed by atoms with van der Waals surface area (Å²) < 4.78 is 13.4. The van der Waals surface area contributed by atoms with Crippen LogP contribution in [0.5, 0.6) is 0 Å². The summed E-state index contributed by atoms with van der Waals surface area (Å²) in [4.78, 5) is 12.1. The topological polar surface area (TPSA) is 49.3 Å². The fraction of sp³-hybridized carbons (Fsp3) is 0.188. The molecule has 0 radical (unpaired) electrons. The molecule has 0 saturated heterocycles. The van der Waals surface area contributed by atoms with E-state index in [0.29, 0.717) is 5.69 Å². The zero-order valence-electron chi connectivity index (χ0n) is 11.8. The van der Waals surface area contributed by atoms with Crippen LogP contribution in [0.3, 0.4) is 0 Å². The van der Waals surface area contributed by atoms with Crippen molar-refractivity contribution >= 4 is 23.4 Å². The largest absolute Gasteiger partial charge is 0.478 e. The van der Waals surface area contributed by atoms with Gasteiger partial charge in [0.15, 0.2) is 0 Å². The van der Waals surface area contributed by atoms with Crippen LogP contribution in [0, 0.1) is 5.82 Å². The van der Waals surface area contributed by atoms with E-state index in [1.165, 1.54) is 17.0 Å². The lowest BCUT2D eigenvalue weighted by Crippen LogP contribution is -2.08. The summed E-state index contributed by atoms with van der Waals surface area (Å²) in [6.45, 7) is 1.97. The zero-order valence-corrected chi connectivity index (χ0v) is 12.6. The molecule has 5 heteroatoms. The first kappa shape index (κ1) is 15.4. The third-order valence-electron chi connectivity index (χ3n) is 3.20. The molecule has 0 amide bonds. The number of hydrogen-bond acceptors (Lipinski definition) is 3. The van der Waals surface area contributed by atoms with Crippen molar-refractivity contribution in [1.29, 1.82) is 0 Å². The van der Waals surface area contributed by atoms with Gasteiger partial charge in [0.05, 0.1) is 5.56 Å². The number of anilines is 1. The lowest BCUT2D eigenvalue weighted by atomic mass is 10.1. The second-order valence-corrected chi connectivity index (χ2v) is 5.52. The molecule has 0 aromatic heterocycles. The molecular formula is C16H16FNO2S. The molecular weight excluding hydrogens is 289 g/mol. The van der Waals surface area contributed by atoms with Crippen LogP contribution < -0.4 is 5.32 Å². The molecule has 0 fully saturated rings. The van der Waals surface area contributed by atoms with E-state index in [4.69, 9.17) is 5.11 Å². The lowest BCUT2D eigenvalue weighted by molar-refractivity contribution is 0.0692. The Kier molecular flexibility index (Phi) is 4.85. The normalized spacial score (nSPS) is 12.0. The Morgan fingerprint density at radius 1 is 1.24 bits per heavy atom. The average molecular weight is 305 g/mol. The minimum absolute atomic E-state index is 0.00647. The van der Waals surface area contributed by atoms with E-state index in [2.05, 4.69) is 5.32 Å². The smallest absolute Gasteiger partial charge is 0.338 e. The minimum atomic E-state index is -1.27. The van der Waals surface area contributed by atoms with Gasteiger partial charge in [0, 0.05) is 16.6 Å². The van der Waals surface area contributed by atoms with E-state index in [1.807, 2.05) is 37.4 Å². The molecule has 2 N–H and O–H groups in total. The van der Waals surface area contributed by atoms with Gasteiger partial charge in [-0.3, -0.25) is 0 Å². The predicted molar refractivity (Wildman–Crippen MR) is 83.6 cm³/mol. The van der Waals surface area contributed by atoms with E-state index in [0.717, 1.165) is 11.6 Å². The summed E-state index contributed by atoms with van der Waals surface area (Å²) in [5, 5.41) is 12.1.